The minimum atomic E-state index is -0.753. The molecule has 3 aromatic rings. The number of ether oxygens (including phenoxy) is 3. The molecule has 156 valence electrons. The number of nitrogens with two attached hydrogens (primary N) is 1. The first-order valence-corrected chi connectivity index (χ1v) is 9.61. The lowest BCUT2D eigenvalue weighted by molar-refractivity contribution is 0.0446. The van der Waals surface area contributed by atoms with Gasteiger partial charge in [0.25, 0.3) is 0 Å². The standard InChI is InChI=1S/C19H16ClN3O6S/c1-27-18(25)14-11(15(19(26)28-2)30-16(14)21)8-29-17(24)13-7-12(22-23-13)9-3-5-10(20)6-4-9/h3-7H,8,21H2,1-2H3,(H,22,23). The van der Waals surface area contributed by atoms with Crippen LogP contribution in [0.15, 0.2) is 30.3 Å². The summed E-state index contributed by atoms with van der Waals surface area (Å²) in [5.41, 5.74) is 7.28. The molecular formula is C19H16ClN3O6S. The molecule has 0 saturated heterocycles. The van der Waals surface area contributed by atoms with E-state index < -0.39 is 24.5 Å². The number of halogens is 1. The Morgan fingerprint density at radius 1 is 1.10 bits per heavy atom. The second-order valence-corrected chi connectivity index (χ2v) is 7.37. The number of aromatic amines is 1. The van der Waals surface area contributed by atoms with E-state index in [0.29, 0.717) is 10.7 Å². The van der Waals surface area contributed by atoms with Gasteiger partial charge in [-0.15, -0.1) is 11.3 Å². The molecule has 0 aliphatic heterocycles. The molecule has 0 bridgehead atoms. The van der Waals surface area contributed by atoms with Crippen LogP contribution in [0.1, 0.15) is 36.1 Å². The fraction of sp³-hybridized carbons (Fsp3) is 0.158. The topological polar surface area (TPSA) is 134 Å². The highest BCUT2D eigenvalue weighted by Crippen LogP contribution is 2.33. The van der Waals surface area contributed by atoms with Crippen LogP contribution in [-0.4, -0.2) is 42.3 Å². The summed E-state index contributed by atoms with van der Waals surface area (Å²) < 4.78 is 14.7. The number of hydrogen-bond donors (Lipinski definition) is 2. The van der Waals surface area contributed by atoms with E-state index in [2.05, 4.69) is 10.2 Å². The Labute approximate surface area is 179 Å². The number of anilines is 1. The maximum atomic E-state index is 12.5. The number of carbonyl (C=O) groups excluding carboxylic acids is 3. The van der Waals surface area contributed by atoms with E-state index in [1.165, 1.54) is 20.3 Å². The monoisotopic (exact) mass is 449 g/mol. The number of carbonyl (C=O) groups is 3. The zero-order valence-electron chi connectivity index (χ0n) is 15.9. The summed E-state index contributed by atoms with van der Waals surface area (Å²) in [7, 11) is 2.37. The van der Waals surface area contributed by atoms with Crippen molar-refractivity contribution in [2.45, 2.75) is 6.61 Å². The van der Waals surface area contributed by atoms with E-state index in [9.17, 15) is 14.4 Å². The van der Waals surface area contributed by atoms with Gasteiger partial charge in [0.2, 0.25) is 0 Å². The number of nitrogen functional groups attached to an aromatic ring is 1. The van der Waals surface area contributed by atoms with Gasteiger partial charge in [-0.2, -0.15) is 5.10 Å². The number of benzene rings is 1. The molecule has 30 heavy (non-hydrogen) atoms. The molecule has 0 saturated carbocycles. The minimum absolute atomic E-state index is 0.0397. The highest BCUT2D eigenvalue weighted by atomic mass is 35.5. The number of aromatic nitrogens is 2. The number of nitrogens with one attached hydrogen (secondary N) is 1. The number of methoxy groups -OCH3 is 2. The normalized spacial score (nSPS) is 10.5. The average molecular weight is 450 g/mol. The largest absolute Gasteiger partial charge is 0.465 e. The summed E-state index contributed by atoms with van der Waals surface area (Å²) in [4.78, 5) is 36.6. The van der Waals surface area contributed by atoms with Gasteiger partial charge in [0.15, 0.2) is 0 Å². The molecule has 0 aliphatic carbocycles. The first-order valence-electron chi connectivity index (χ1n) is 8.42. The molecule has 0 aliphatic rings. The van der Waals surface area contributed by atoms with Crippen molar-refractivity contribution in [3.05, 3.63) is 57.1 Å². The van der Waals surface area contributed by atoms with Gasteiger partial charge in [-0.3, -0.25) is 5.10 Å². The van der Waals surface area contributed by atoms with Crippen LogP contribution in [0.25, 0.3) is 11.3 Å². The molecule has 9 nitrogen and oxygen atoms in total. The average Bonchev–Trinajstić information content (AvgIpc) is 3.36. The van der Waals surface area contributed by atoms with Gasteiger partial charge in [-0.1, -0.05) is 23.7 Å². The van der Waals surface area contributed by atoms with E-state index in [-0.39, 0.29) is 26.7 Å². The summed E-state index contributed by atoms with van der Waals surface area (Å²) >= 11 is 6.72. The Morgan fingerprint density at radius 2 is 1.77 bits per heavy atom. The summed E-state index contributed by atoms with van der Waals surface area (Å²) in [5, 5.41) is 7.30. The van der Waals surface area contributed by atoms with Gasteiger partial charge in [-0.05, 0) is 18.2 Å². The molecule has 3 N–H and O–H groups in total. The van der Waals surface area contributed by atoms with Crippen LogP contribution in [0.5, 0.6) is 0 Å². The Bertz CT molecular complexity index is 1110. The van der Waals surface area contributed by atoms with Crippen molar-refractivity contribution in [1.82, 2.24) is 10.2 Å². The van der Waals surface area contributed by atoms with Crippen LogP contribution in [0.3, 0.4) is 0 Å². The zero-order chi connectivity index (χ0) is 21.8. The van der Waals surface area contributed by atoms with E-state index in [1.54, 1.807) is 24.3 Å². The fourth-order valence-corrected chi connectivity index (χ4v) is 3.72. The van der Waals surface area contributed by atoms with Gasteiger partial charge in [0.05, 0.1) is 19.9 Å². The van der Waals surface area contributed by atoms with Crippen molar-refractivity contribution in [3.63, 3.8) is 0 Å². The number of nitrogens with zero attached hydrogens (tertiary/aromatic N) is 1. The third kappa shape index (κ3) is 4.29. The van der Waals surface area contributed by atoms with Gasteiger partial charge in [0, 0.05) is 16.1 Å². The molecule has 0 spiro atoms. The van der Waals surface area contributed by atoms with Crippen molar-refractivity contribution in [1.29, 1.82) is 0 Å². The van der Waals surface area contributed by atoms with Crippen LogP contribution in [0, 0.1) is 0 Å². The summed E-state index contributed by atoms with van der Waals surface area (Å²) in [6, 6.07) is 8.43. The van der Waals surface area contributed by atoms with Crippen molar-refractivity contribution in [2.24, 2.45) is 0 Å². The highest BCUT2D eigenvalue weighted by Gasteiger charge is 2.28. The van der Waals surface area contributed by atoms with Crippen LogP contribution >= 0.6 is 22.9 Å². The number of H-pyrrole nitrogens is 1. The van der Waals surface area contributed by atoms with Crippen LogP contribution in [0.2, 0.25) is 5.02 Å². The van der Waals surface area contributed by atoms with Gasteiger partial charge in [0.1, 0.15) is 27.7 Å². The second-order valence-electron chi connectivity index (χ2n) is 5.88. The summed E-state index contributed by atoms with van der Waals surface area (Å²) in [6.07, 6.45) is 0. The zero-order valence-corrected chi connectivity index (χ0v) is 17.4. The fourth-order valence-electron chi connectivity index (χ4n) is 2.62. The Balaban J connectivity index is 1.81. The summed E-state index contributed by atoms with van der Waals surface area (Å²) in [6.45, 7) is -0.392. The Morgan fingerprint density at radius 3 is 2.40 bits per heavy atom. The molecular weight excluding hydrogens is 434 g/mol. The van der Waals surface area contributed by atoms with Crippen molar-refractivity contribution in [2.75, 3.05) is 20.0 Å². The van der Waals surface area contributed by atoms with Crippen molar-refractivity contribution < 1.29 is 28.6 Å². The van der Waals surface area contributed by atoms with E-state index >= 15 is 0 Å². The van der Waals surface area contributed by atoms with Crippen LogP contribution in [0.4, 0.5) is 5.00 Å². The van der Waals surface area contributed by atoms with E-state index in [4.69, 9.17) is 31.5 Å². The van der Waals surface area contributed by atoms with E-state index in [0.717, 1.165) is 16.9 Å². The molecule has 0 atom stereocenters. The third-order valence-electron chi connectivity index (χ3n) is 4.08. The predicted molar refractivity (Wildman–Crippen MR) is 110 cm³/mol. The minimum Gasteiger partial charge on any atom is -0.465 e. The van der Waals surface area contributed by atoms with Crippen LogP contribution < -0.4 is 5.73 Å². The van der Waals surface area contributed by atoms with E-state index in [1.807, 2.05) is 0 Å². The lowest BCUT2D eigenvalue weighted by Gasteiger charge is -2.07. The lowest BCUT2D eigenvalue weighted by atomic mass is 10.1. The number of hydrogen-bond acceptors (Lipinski definition) is 9. The summed E-state index contributed by atoms with van der Waals surface area (Å²) in [5.74, 6) is -2.20. The van der Waals surface area contributed by atoms with Crippen LogP contribution in [-0.2, 0) is 20.8 Å². The molecule has 0 fully saturated rings. The first kappa shape index (κ1) is 21.3. The predicted octanol–water partition coefficient (Wildman–Crippen LogP) is 3.30. The SMILES string of the molecule is COC(=O)c1sc(N)c(C(=O)OC)c1COC(=O)c1cc(-c2ccc(Cl)cc2)n[nH]1. The van der Waals surface area contributed by atoms with Gasteiger partial charge >= 0.3 is 17.9 Å². The van der Waals surface area contributed by atoms with Gasteiger partial charge < -0.3 is 19.9 Å². The van der Waals surface area contributed by atoms with Gasteiger partial charge in [-0.25, -0.2) is 14.4 Å². The Hall–Kier alpha value is -3.37. The van der Waals surface area contributed by atoms with Crippen molar-refractivity contribution in [3.8, 4) is 11.3 Å². The Kier molecular flexibility index (Phi) is 6.38. The maximum Gasteiger partial charge on any atom is 0.356 e. The molecule has 11 heteroatoms. The van der Waals surface area contributed by atoms with Crippen molar-refractivity contribution >= 4 is 45.8 Å². The highest BCUT2D eigenvalue weighted by molar-refractivity contribution is 7.18. The molecule has 1 aromatic carbocycles. The molecule has 0 radical (unpaired) electrons. The smallest absolute Gasteiger partial charge is 0.356 e. The number of esters is 3. The molecule has 3 rings (SSSR count). The third-order valence-corrected chi connectivity index (χ3v) is 5.37. The molecule has 0 amide bonds. The maximum absolute atomic E-state index is 12.5. The second kappa shape index (κ2) is 8.97. The quantitative estimate of drug-likeness (QED) is 0.432. The number of rotatable bonds is 6. The lowest BCUT2D eigenvalue weighted by Crippen LogP contribution is -2.13. The first-order chi connectivity index (χ1) is 14.3. The molecule has 0 unspecified atom stereocenters. The molecule has 2 heterocycles. The number of thiophene rings is 1. The molecule has 2 aromatic heterocycles.